The maximum Gasteiger partial charge on any atom is 0.240 e. The number of anilines is 1. The first-order valence-corrected chi connectivity index (χ1v) is 9.91. The lowest BCUT2D eigenvalue weighted by Crippen LogP contribution is -2.63. The van der Waals surface area contributed by atoms with Gasteiger partial charge in [-0.1, -0.05) is 25.5 Å². The number of hydrogen-bond acceptors (Lipinski definition) is 4. The van der Waals surface area contributed by atoms with Crippen molar-refractivity contribution in [2.45, 2.75) is 51.6 Å². The quantitative estimate of drug-likeness (QED) is 0.828. The van der Waals surface area contributed by atoms with Gasteiger partial charge in [0.25, 0.3) is 0 Å². The maximum atomic E-state index is 13.2. The molecule has 2 aliphatic heterocycles. The van der Waals surface area contributed by atoms with Crippen molar-refractivity contribution in [3.8, 4) is 5.75 Å². The molecule has 26 heavy (non-hydrogen) atoms. The van der Waals surface area contributed by atoms with E-state index in [0.717, 1.165) is 57.0 Å². The van der Waals surface area contributed by atoms with Crippen LogP contribution >= 0.6 is 0 Å². The first kappa shape index (κ1) is 19.0. The van der Waals surface area contributed by atoms with Crippen LogP contribution < -0.4 is 9.64 Å². The summed E-state index contributed by atoms with van der Waals surface area (Å²) in [7, 11) is 1.72. The summed E-state index contributed by atoms with van der Waals surface area (Å²) in [5, 5.41) is 0. The molecule has 1 aromatic rings. The molecule has 5 nitrogen and oxygen atoms in total. The average Bonchev–Trinajstić information content (AvgIpc) is 2.66. The molecule has 0 aliphatic carbocycles. The molecule has 1 aromatic carbocycles. The second-order valence-electron chi connectivity index (χ2n) is 8.04. The van der Waals surface area contributed by atoms with Gasteiger partial charge in [0.1, 0.15) is 5.75 Å². The Morgan fingerprint density at radius 2 is 1.96 bits per heavy atom. The molecule has 144 valence electrons. The van der Waals surface area contributed by atoms with Crippen molar-refractivity contribution in [3.63, 3.8) is 0 Å². The molecule has 0 aromatic heterocycles. The van der Waals surface area contributed by atoms with Gasteiger partial charge in [0.2, 0.25) is 5.91 Å². The van der Waals surface area contributed by atoms with Gasteiger partial charge < -0.3 is 14.5 Å². The number of benzene rings is 1. The minimum Gasteiger partial charge on any atom is -0.495 e. The summed E-state index contributed by atoms with van der Waals surface area (Å²) in [6.45, 7) is 11.0. The van der Waals surface area contributed by atoms with E-state index in [0.29, 0.717) is 5.91 Å². The Balaban J connectivity index is 1.75. The number of likely N-dealkylation sites (N-methyl/N-ethyl adjacent to an activating group) is 1. The fraction of sp³-hybridized carbons (Fsp3) is 0.667. The summed E-state index contributed by atoms with van der Waals surface area (Å²) in [6, 6.07) is 8.23. The van der Waals surface area contributed by atoms with Gasteiger partial charge in [0.15, 0.2) is 0 Å². The highest BCUT2D eigenvalue weighted by atomic mass is 16.5. The molecule has 1 amide bonds. The highest BCUT2D eigenvalue weighted by molar-refractivity contribution is 5.82. The molecule has 5 heteroatoms. The second-order valence-corrected chi connectivity index (χ2v) is 8.04. The second kappa shape index (κ2) is 7.87. The zero-order valence-electron chi connectivity index (χ0n) is 16.7. The molecule has 3 rings (SSSR count). The lowest BCUT2D eigenvalue weighted by atomic mass is 9.95. The van der Waals surface area contributed by atoms with Crippen molar-refractivity contribution in [1.29, 1.82) is 0 Å². The fourth-order valence-corrected chi connectivity index (χ4v) is 4.50. The minimum absolute atomic E-state index is 0.0716. The van der Waals surface area contributed by atoms with Crippen molar-refractivity contribution in [2.24, 2.45) is 0 Å². The smallest absolute Gasteiger partial charge is 0.240 e. The van der Waals surface area contributed by atoms with Crippen molar-refractivity contribution in [2.75, 3.05) is 44.7 Å². The van der Waals surface area contributed by atoms with Gasteiger partial charge in [0, 0.05) is 19.6 Å². The van der Waals surface area contributed by atoms with Crippen molar-refractivity contribution < 1.29 is 9.53 Å². The number of ether oxygens (including phenoxy) is 1. The number of para-hydroxylation sites is 2. The van der Waals surface area contributed by atoms with Gasteiger partial charge in [-0.3, -0.25) is 9.69 Å². The van der Waals surface area contributed by atoms with E-state index in [1.54, 1.807) is 7.11 Å². The Kier molecular flexibility index (Phi) is 5.76. The van der Waals surface area contributed by atoms with E-state index in [4.69, 9.17) is 4.74 Å². The van der Waals surface area contributed by atoms with E-state index < -0.39 is 0 Å². The third kappa shape index (κ3) is 3.68. The molecule has 1 atom stereocenters. The lowest BCUT2D eigenvalue weighted by Gasteiger charge is -2.50. The Labute approximate surface area is 157 Å². The predicted octanol–water partition coefficient (Wildman–Crippen LogP) is 3.00. The molecule has 0 spiro atoms. The number of nitrogens with zero attached hydrogens (tertiary/aromatic N) is 3. The van der Waals surface area contributed by atoms with Gasteiger partial charge in [-0.2, -0.15) is 0 Å². The number of hydrogen-bond donors (Lipinski definition) is 0. The molecule has 0 saturated carbocycles. The largest absolute Gasteiger partial charge is 0.495 e. The van der Waals surface area contributed by atoms with Crippen LogP contribution in [0.1, 0.15) is 40.0 Å². The molecule has 0 radical (unpaired) electrons. The molecule has 2 aliphatic rings. The predicted molar refractivity (Wildman–Crippen MR) is 106 cm³/mol. The lowest BCUT2D eigenvalue weighted by molar-refractivity contribution is -0.139. The van der Waals surface area contributed by atoms with E-state index in [-0.39, 0.29) is 11.6 Å². The normalized spacial score (nSPS) is 23.8. The van der Waals surface area contributed by atoms with Gasteiger partial charge in [-0.15, -0.1) is 0 Å². The van der Waals surface area contributed by atoms with Crippen molar-refractivity contribution in [3.05, 3.63) is 24.3 Å². The van der Waals surface area contributed by atoms with E-state index in [2.05, 4.69) is 41.5 Å². The molecule has 2 fully saturated rings. The molecule has 0 bridgehead atoms. The van der Waals surface area contributed by atoms with Crippen LogP contribution in [0.5, 0.6) is 5.75 Å². The first-order chi connectivity index (χ1) is 12.5. The zero-order chi connectivity index (χ0) is 18.7. The number of piperidine rings is 1. The standard InChI is InChI=1S/C21H33N3O2/c1-5-22-13-9-8-11-18(22)20(25)23-14-15-24(21(2,3)16-23)17-10-6-7-12-19(17)26-4/h6-7,10,12,18H,5,8-9,11,13-16H2,1-4H3/t18-/m1/s1. The van der Waals surface area contributed by atoms with Crippen LogP contribution in [0.2, 0.25) is 0 Å². The molecular weight excluding hydrogens is 326 g/mol. The van der Waals surface area contributed by atoms with Gasteiger partial charge in [-0.25, -0.2) is 0 Å². The third-order valence-electron chi connectivity index (χ3n) is 5.89. The number of likely N-dealkylation sites (tertiary alicyclic amines) is 1. The Hall–Kier alpha value is -1.75. The Bertz CT molecular complexity index is 631. The number of carbonyl (C=O) groups excluding carboxylic acids is 1. The summed E-state index contributed by atoms with van der Waals surface area (Å²) in [6.07, 6.45) is 3.38. The molecule has 0 N–H and O–H groups in total. The van der Waals surface area contributed by atoms with Crippen LogP contribution in [0.3, 0.4) is 0 Å². The molecular formula is C21H33N3O2. The number of rotatable bonds is 4. The number of amides is 1. The Morgan fingerprint density at radius 1 is 1.19 bits per heavy atom. The highest BCUT2D eigenvalue weighted by Gasteiger charge is 2.39. The molecule has 0 unspecified atom stereocenters. The summed E-state index contributed by atoms with van der Waals surface area (Å²) >= 11 is 0. The number of methoxy groups -OCH3 is 1. The van der Waals surface area contributed by atoms with E-state index in [1.165, 1.54) is 6.42 Å². The summed E-state index contributed by atoms with van der Waals surface area (Å²) in [5.74, 6) is 1.21. The van der Waals surface area contributed by atoms with Crippen LogP contribution in [-0.4, -0.2) is 67.1 Å². The van der Waals surface area contributed by atoms with Crippen LogP contribution in [0.4, 0.5) is 5.69 Å². The van der Waals surface area contributed by atoms with Gasteiger partial charge in [-0.05, 0) is 51.9 Å². The monoisotopic (exact) mass is 359 g/mol. The van der Waals surface area contributed by atoms with Gasteiger partial charge >= 0.3 is 0 Å². The topological polar surface area (TPSA) is 36.0 Å². The van der Waals surface area contributed by atoms with Crippen LogP contribution in [-0.2, 0) is 4.79 Å². The summed E-state index contributed by atoms with van der Waals surface area (Å²) < 4.78 is 5.56. The maximum absolute atomic E-state index is 13.2. The van der Waals surface area contributed by atoms with E-state index in [1.807, 2.05) is 18.2 Å². The highest BCUT2D eigenvalue weighted by Crippen LogP contribution is 2.35. The summed E-state index contributed by atoms with van der Waals surface area (Å²) in [4.78, 5) is 20.0. The van der Waals surface area contributed by atoms with Crippen LogP contribution in [0.25, 0.3) is 0 Å². The SMILES string of the molecule is CCN1CCCC[C@@H]1C(=O)N1CCN(c2ccccc2OC)C(C)(C)C1. The van der Waals surface area contributed by atoms with E-state index >= 15 is 0 Å². The number of carbonyl (C=O) groups is 1. The third-order valence-corrected chi connectivity index (χ3v) is 5.89. The van der Waals surface area contributed by atoms with Crippen LogP contribution in [0, 0.1) is 0 Å². The van der Waals surface area contributed by atoms with Gasteiger partial charge in [0.05, 0.1) is 24.4 Å². The summed E-state index contributed by atoms with van der Waals surface area (Å²) in [5.41, 5.74) is 0.980. The number of piperazine rings is 1. The Morgan fingerprint density at radius 3 is 2.65 bits per heavy atom. The first-order valence-electron chi connectivity index (χ1n) is 9.91. The molecule has 2 saturated heterocycles. The zero-order valence-corrected chi connectivity index (χ0v) is 16.7. The molecule has 2 heterocycles. The van der Waals surface area contributed by atoms with Crippen molar-refractivity contribution in [1.82, 2.24) is 9.80 Å². The van der Waals surface area contributed by atoms with E-state index in [9.17, 15) is 4.79 Å². The average molecular weight is 360 g/mol. The minimum atomic E-state index is -0.131. The van der Waals surface area contributed by atoms with Crippen LogP contribution in [0.15, 0.2) is 24.3 Å². The fourth-order valence-electron chi connectivity index (χ4n) is 4.50. The van der Waals surface area contributed by atoms with Crippen molar-refractivity contribution >= 4 is 11.6 Å².